The van der Waals surface area contributed by atoms with Crippen LogP contribution in [0.1, 0.15) is 0 Å². The van der Waals surface area contributed by atoms with Gasteiger partial charge in [-0.3, -0.25) is 0 Å². The number of para-hydroxylation sites is 2. The van der Waals surface area contributed by atoms with Crippen molar-refractivity contribution in [3.8, 4) is 39.1 Å². The summed E-state index contributed by atoms with van der Waals surface area (Å²) in [6.45, 7) is 0. The lowest BCUT2D eigenvalue weighted by Gasteiger charge is -2.18. The number of fused-ring (bicyclic) bond motifs is 9. The molecule has 0 saturated heterocycles. The van der Waals surface area contributed by atoms with Crippen molar-refractivity contribution in [3.63, 3.8) is 0 Å². The molecule has 2 heterocycles. The van der Waals surface area contributed by atoms with Gasteiger partial charge in [0.2, 0.25) is 0 Å². The van der Waals surface area contributed by atoms with E-state index in [1.807, 2.05) is 12.1 Å². The first kappa shape index (κ1) is 31.0. The van der Waals surface area contributed by atoms with E-state index in [1.165, 1.54) is 87.5 Å². The van der Waals surface area contributed by atoms with Crippen molar-refractivity contribution < 1.29 is 4.42 Å². The molecule has 0 atom stereocenters. The van der Waals surface area contributed by atoms with Crippen LogP contribution in [0.15, 0.2) is 205 Å². The maximum absolute atomic E-state index is 6.14. The number of furan rings is 1. The third kappa shape index (κ3) is 4.63. The fourth-order valence-corrected chi connectivity index (χ4v) is 9.21. The molecule has 0 N–H and O–H groups in total. The van der Waals surface area contributed by atoms with Gasteiger partial charge in [-0.05, 0) is 120 Å². The van der Waals surface area contributed by atoms with Crippen molar-refractivity contribution in [1.82, 2.24) is 4.57 Å². The number of benzene rings is 10. The van der Waals surface area contributed by atoms with Gasteiger partial charge in [0.1, 0.15) is 11.2 Å². The molecule has 0 radical (unpaired) electrons. The molecule has 0 unspecified atom stereocenters. The summed E-state index contributed by atoms with van der Waals surface area (Å²) in [6, 6.07) is 72.9. The highest BCUT2D eigenvalue weighted by Gasteiger charge is 2.18. The van der Waals surface area contributed by atoms with Crippen molar-refractivity contribution >= 4 is 76.1 Å². The highest BCUT2D eigenvalue weighted by Crippen LogP contribution is 2.45. The van der Waals surface area contributed by atoms with E-state index in [0.717, 1.165) is 27.6 Å². The zero-order valence-electron chi connectivity index (χ0n) is 30.4. The molecule has 0 bridgehead atoms. The highest BCUT2D eigenvalue weighted by molar-refractivity contribution is 6.22. The van der Waals surface area contributed by atoms with Gasteiger partial charge >= 0.3 is 0 Å². The lowest BCUT2D eigenvalue weighted by atomic mass is 9.85. The second kappa shape index (κ2) is 12.0. The molecule has 10 aromatic carbocycles. The smallest absolute Gasteiger partial charge is 0.135 e. The summed E-state index contributed by atoms with van der Waals surface area (Å²) in [7, 11) is 0. The average molecular weight is 712 g/mol. The minimum absolute atomic E-state index is 0.915. The fraction of sp³-hybridized carbons (Fsp3) is 0. The fourth-order valence-electron chi connectivity index (χ4n) is 9.21. The van der Waals surface area contributed by atoms with Crippen LogP contribution in [0.5, 0.6) is 0 Å². The molecule has 0 amide bonds. The van der Waals surface area contributed by atoms with E-state index in [-0.39, 0.29) is 0 Å². The molecule has 2 heteroatoms. The lowest BCUT2D eigenvalue weighted by molar-refractivity contribution is 0.669. The molecule has 12 aromatic rings. The van der Waals surface area contributed by atoms with E-state index in [9.17, 15) is 0 Å². The van der Waals surface area contributed by atoms with E-state index in [2.05, 4.69) is 193 Å². The van der Waals surface area contributed by atoms with Gasteiger partial charge in [-0.25, -0.2) is 0 Å². The molecule has 2 aromatic heterocycles. The van der Waals surface area contributed by atoms with E-state index in [0.29, 0.717) is 0 Å². The Morgan fingerprint density at radius 1 is 0.286 bits per heavy atom. The standard InChI is InChI=1S/C54H33NO/c1-2-12-36-31-39(22-21-34(36)11-1)54-45-17-5-3-15-43(45)53(44-16-4-6-18-46(44)54)35-23-27-40(28-24-35)55-49-19-9-7-13-41(49)47-32-37(25-29-50(47)55)38-26-30-52-48(33-38)42-14-8-10-20-51(42)56-52/h1-33H. The Balaban J connectivity index is 1.00. The Morgan fingerprint density at radius 3 is 1.52 bits per heavy atom. The lowest BCUT2D eigenvalue weighted by Crippen LogP contribution is -1.94. The highest BCUT2D eigenvalue weighted by atomic mass is 16.3. The topological polar surface area (TPSA) is 18.1 Å². The molecule has 12 rings (SSSR count). The minimum Gasteiger partial charge on any atom is -0.456 e. The summed E-state index contributed by atoms with van der Waals surface area (Å²) in [5.41, 5.74) is 12.7. The number of aromatic nitrogens is 1. The first-order valence-electron chi connectivity index (χ1n) is 19.3. The summed E-state index contributed by atoms with van der Waals surface area (Å²) in [5, 5.41) is 12.3. The van der Waals surface area contributed by atoms with E-state index in [1.54, 1.807) is 0 Å². The quantitative estimate of drug-likeness (QED) is 0.166. The van der Waals surface area contributed by atoms with Crippen LogP contribution in [-0.4, -0.2) is 4.57 Å². The van der Waals surface area contributed by atoms with Gasteiger partial charge in [0.05, 0.1) is 11.0 Å². The second-order valence-corrected chi connectivity index (χ2v) is 14.8. The Hall–Kier alpha value is -7.42. The van der Waals surface area contributed by atoms with Crippen LogP contribution in [0.4, 0.5) is 0 Å². The van der Waals surface area contributed by atoms with Crippen molar-refractivity contribution in [2.75, 3.05) is 0 Å². The Bertz CT molecular complexity index is 3470. The summed E-state index contributed by atoms with van der Waals surface area (Å²) in [6.07, 6.45) is 0. The monoisotopic (exact) mass is 711 g/mol. The summed E-state index contributed by atoms with van der Waals surface area (Å²) < 4.78 is 8.54. The summed E-state index contributed by atoms with van der Waals surface area (Å²) in [5.74, 6) is 0. The molecule has 0 aliphatic heterocycles. The first-order valence-corrected chi connectivity index (χ1v) is 19.3. The Morgan fingerprint density at radius 2 is 0.786 bits per heavy atom. The average Bonchev–Trinajstić information content (AvgIpc) is 3.80. The molecular formula is C54H33NO. The number of rotatable bonds is 4. The molecule has 0 saturated carbocycles. The number of hydrogen-bond donors (Lipinski definition) is 0. The van der Waals surface area contributed by atoms with Crippen molar-refractivity contribution in [3.05, 3.63) is 200 Å². The maximum Gasteiger partial charge on any atom is 0.135 e. The number of hydrogen-bond acceptors (Lipinski definition) is 1. The van der Waals surface area contributed by atoms with E-state index in [4.69, 9.17) is 4.42 Å². The molecular weight excluding hydrogens is 679 g/mol. The zero-order valence-corrected chi connectivity index (χ0v) is 30.4. The third-order valence-electron chi connectivity index (χ3n) is 11.8. The molecule has 0 fully saturated rings. The van der Waals surface area contributed by atoms with Crippen LogP contribution < -0.4 is 0 Å². The molecule has 56 heavy (non-hydrogen) atoms. The zero-order chi connectivity index (χ0) is 36.7. The van der Waals surface area contributed by atoms with Crippen LogP contribution in [0.2, 0.25) is 0 Å². The van der Waals surface area contributed by atoms with Gasteiger partial charge in [0.25, 0.3) is 0 Å². The van der Waals surface area contributed by atoms with Gasteiger partial charge in [0, 0.05) is 27.2 Å². The number of nitrogens with zero attached hydrogens (tertiary/aromatic N) is 1. The van der Waals surface area contributed by atoms with Crippen molar-refractivity contribution in [1.29, 1.82) is 0 Å². The van der Waals surface area contributed by atoms with E-state index < -0.39 is 0 Å². The second-order valence-electron chi connectivity index (χ2n) is 14.8. The maximum atomic E-state index is 6.14. The third-order valence-corrected chi connectivity index (χ3v) is 11.8. The van der Waals surface area contributed by atoms with Crippen LogP contribution in [0.25, 0.3) is 115 Å². The molecule has 260 valence electrons. The van der Waals surface area contributed by atoms with Crippen LogP contribution >= 0.6 is 0 Å². The van der Waals surface area contributed by atoms with Gasteiger partial charge in [0.15, 0.2) is 0 Å². The Labute approximate surface area is 323 Å². The minimum atomic E-state index is 0.915. The van der Waals surface area contributed by atoms with Crippen molar-refractivity contribution in [2.45, 2.75) is 0 Å². The molecule has 2 nitrogen and oxygen atoms in total. The van der Waals surface area contributed by atoms with Crippen molar-refractivity contribution in [2.24, 2.45) is 0 Å². The van der Waals surface area contributed by atoms with Gasteiger partial charge in [-0.15, -0.1) is 0 Å². The normalized spacial score (nSPS) is 11.9. The summed E-state index contributed by atoms with van der Waals surface area (Å²) in [4.78, 5) is 0. The van der Waals surface area contributed by atoms with Gasteiger partial charge in [-0.1, -0.05) is 146 Å². The molecule has 0 spiro atoms. The Kier molecular flexibility index (Phi) is 6.66. The van der Waals surface area contributed by atoms with Gasteiger partial charge < -0.3 is 8.98 Å². The van der Waals surface area contributed by atoms with Gasteiger partial charge in [-0.2, -0.15) is 0 Å². The predicted molar refractivity (Wildman–Crippen MR) is 237 cm³/mol. The predicted octanol–water partition coefficient (Wildman–Crippen LogP) is 15.1. The van der Waals surface area contributed by atoms with Crippen LogP contribution in [0.3, 0.4) is 0 Å². The first-order chi connectivity index (χ1) is 27.8. The molecule has 0 aliphatic carbocycles. The molecule has 0 aliphatic rings. The van der Waals surface area contributed by atoms with Crippen LogP contribution in [0, 0.1) is 0 Å². The van der Waals surface area contributed by atoms with E-state index >= 15 is 0 Å². The summed E-state index contributed by atoms with van der Waals surface area (Å²) >= 11 is 0. The van der Waals surface area contributed by atoms with Crippen LogP contribution in [-0.2, 0) is 0 Å². The SMILES string of the molecule is c1ccc2cc(-c3c4ccccc4c(-c4ccc(-n5c6ccccc6c6cc(-c7ccc8oc9ccccc9c8c7)ccc65)cc4)c4ccccc34)ccc2c1. The largest absolute Gasteiger partial charge is 0.456 e.